The number of sulfone groups is 1. The van der Waals surface area contributed by atoms with Crippen LogP contribution in [0.15, 0.2) is 18.2 Å². The van der Waals surface area contributed by atoms with Gasteiger partial charge in [0, 0.05) is 30.1 Å². The second-order valence-electron chi connectivity index (χ2n) is 4.73. The van der Waals surface area contributed by atoms with E-state index in [1.165, 1.54) is 0 Å². The van der Waals surface area contributed by atoms with Gasteiger partial charge in [-0.2, -0.15) is 0 Å². The average molecular weight is 282 g/mol. The summed E-state index contributed by atoms with van der Waals surface area (Å²) in [6.45, 7) is 2.64. The van der Waals surface area contributed by atoms with E-state index in [1.54, 1.807) is 24.0 Å². The first-order chi connectivity index (χ1) is 8.93. The van der Waals surface area contributed by atoms with Crippen LogP contribution in [0.1, 0.15) is 29.3 Å². The Balaban J connectivity index is 1.97. The molecule has 5 nitrogen and oxygen atoms in total. The maximum atomic E-state index is 12.1. The summed E-state index contributed by atoms with van der Waals surface area (Å²) in [5.74, 6) is 0.222. The quantitative estimate of drug-likeness (QED) is 0.819. The molecule has 0 aliphatic carbocycles. The molecule has 0 saturated heterocycles. The van der Waals surface area contributed by atoms with Gasteiger partial charge >= 0.3 is 0 Å². The van der Waals surface area contributed by atoms with Crippen molar-refractivity contribution in [2.24, 2.45) is 0 Å². The van der Waals surface area contributed by atoms with Crippen molar-refractivity contribution in [1.82, 2.24) is 4.90 Å². The molecular formula is C13H18N2O3S. The number of anilines is 1. The summed E-state index contributed by atoms with van der Waals surface area (Å²) in [7, 11) is -2.96. The van der Waals surface area contributed by atoms with Crippen molar-refractivity contribution < 1.29 is 13.2 Å². The van der Waals surface area contributed by atoms with Crippen LogP contribution in [0.2, 0.25) is 0 Å². The van der Waals surface area contributed by atoms with Crippen LogP contribution in [-0.4, -0.2) is 37.3 Å². The minimum atomic E-state index is -2.96. The topological polar surface area (TPSA) is 80.5 Å². The van der Waals surface area contributed by atoms with Crippen molar-refractivity contribution in [3.05, 3.63) is 29.3 Å². The predicted molar refractivity (Wildman–Crippen MR) is 74.5 cm³/mol. The lowest BCUT2D eigenvalue weighted by molar-refractivity contribution is 0.0779. The van der Waals surface area contributed by atoms with Crippen molar-refractivity contribution in [3.63, 3.8) is 0 Å². The smallest absolute Gasteiger partial charge is 0.254 e. The Bertz CT molecular complexity index is 596. The van der Waals surface area contributed by atoms with Crippen molar-refractivity contribution >= 4 is 21.4 Å². The first-order valence-electron chi connectivity index (χ1n) is 6.31. The van der Waals surface area contributed by atoms with Gasteiger partial charge in [0.05, 0.1) is 5.75 Å². The number of nitrogens with zero attached hydrogens (tertiary/aromatic N) is 1. The van der Waals surface area contributed by atoms with E-state index < -0.39 is 9.84 Å². The third-order valence-corrected chi connectivity index (χ3v) is 5.13. The molecule has 0 spiro atoms. The molecule has 0 aromatic heterocycles. The molecule has 104 valence electrons. The fourth-order valence-corrected chi connectivity index (χ4v) is 3.04. The first kappa shape index (κ1) is 13.9. The van der Waals surface area contributed by atoms with Gasteiger partial charge in [0.1, 0.15) is 9.84 Å². The molecule has 0 atom stereocenters. The van der Waals surface area contributed by atoms with E-state index in [9.17, 15) is 13.2 Å². The van der Waals surface area contributed by atoms with Gasteiger partial charge in [0.15, 0.2) is 0 Å². The maximum Gasteiger partial charge on any atom is 0.254 e. The van der Waals surface area contributed by atoms with E-state index in [-0.39, 0.29) is 17.4 Å². The number of carbonyl (C=O) groups excluding carboxylic acids is 1. The lowest BCUT2D eigenvalue weighted by Gasteiger charge is -2.15. The van der Waals surface area contributed by atoms with Crippen LogP contribution in [0.5, 0.6) is 0 Å². The summed E-state index contributed by atoms with van der Waals surface area (Å²) in [6, 6.07) is 5.31. The lowest BCUT2D eigenvalue weighted by Crippen LogP contribution is -2.26. The highest BCUT2D eigenvalue weighted by atomic mass is 32.2. The van der Waals surface area contributed by atoms with Gasteiger partial charge in [-0.05, 0) is 24.1 Å². The van der Waals surface area contributed by atoms with Crippen molar-refractivity contribution in [1.29, 1.82) is 0 Å². The zero-order valence-electron chi connectivity index (χ0n) is 10.9. The highest BCUT2D eigenvalue weighted by Gasteiger charge is 2.27. The number of amides is 1. The molecule has 1 aromatic rings. The second-order valence-corrected chi connectivity index (χ2v) is 7.21. The van der Waals surface area contributed by atoms with Crippen LogP contribution in [0.25, 0.3) is 0 Å². The Morgan fingerprint density at radius 3 is 2.79 bits per heavy atom. The molecule has 0 unspecified atom stereocenters. The number of benzene rings is 1. The molecule has 2 N–H and O–H groups in total. The summed E-state index contributed by atoms with van der Waals surface area (Å²) in [5, 5.41) is 0. The Labute approximate surface area is 113 Å². The summed E-state index contributed by atoms with van der Waals surface area (Å²) >= 11 is 0. The van der Waals surface area contributed by atoms with Gasteiger partial charge in [0.2, 0.25) is 0 Å². The summed E-state index contributed by atoms with van der Waals surface area (Å²) in [4.78, 5) is 13.8. The lowest BCUT2D eigenvalue weighted by atomic mass is 10.1. The van der Waals surface area contributed by atoms with E-state index in [0.29, 0.717) is 30.8 Å². The first-order valence-corrected chi connectivity index (χ1v) is 8.13. The Morgan fingerprint density at radius 1 is 1.37 bits per heavy atom. The fourth-order valence-electron chi connectivity index (χ4n) is 2.18. The summed E-state index contributed by atoms with van der Waals surface area (Å²) < 4.78 is 22.8. The van der Waals surface area contributed by atoms with Gasteiger partial charge < -0.3 is 10.6 Å². The van der Waals surface area contributed by atoms with Crippen LogP contribution in [0.3, 0.4) is 0 Å². The highest BCUT2D eigenvalue weighted by Crippen LogP contribution is 2.24. The summed E-state index contributed by atoms with van der Waals surface area (Å²) in [5.41, 5.74) is 7.83. The molecule has 1 heterocycles. The number of fused-ring (bicyclic) bond motifs is 1. The SMILES string of the molecule is CCS(=O)(=O)CCCN1Cc2ccc(N)cc2C1=O. The van der Waals surface area contributed by atoms with Crippen LogP contribution in [0, 0.1) is 0 Å². The van der Waals surface area contributed by atoms with Crippen LogP contribution >= 0.6 is 0 Å². The van der Waals surface area contributed by atoms with Gasteiger partial charge in [0.25, 0.3) is 5.91 Å². The third-order valence-electron chi connectivity index (χ3n) is 3.34. The van der Waals surface area contributed by atoms with E-state index in [4.69, 9.17) is 5.73 Å². The molecule has 0 bridgehead atoms. The molecule has 0 saturated carbocycles. The van der Waals surface area contributed by atoms with Crippen LogP contribution in [0.4, 0.5) is 5.69 Å². The molecule has 1 aromatic carbocycles. The van der Waals surface area contributed by atoms with Gasteiger partial charge in [-0.25, -0.2) is 8.42 Å². The summed E-state index contributed by atoms with van der Waals surface area (Å²) in [6.07, 6.45) is 0.478. The molecule has 1 aliphatic rings. The molecule has 1 aliphatic heterocycles. The standard InChI is InChI=1S/C13H18N2O3S/c1-2-19(17,18)7-3-6-15-9-10-4-5-11(14)8-12(10)13(15)16/h4-5,8H,2-3,6-7,9,14H2,1H3. The average Bonchev–Trinajstić information content (AvgIpc) is 2.67. The minimum Gasteiger partial charge on any atom is -0.399 e. The fraction of sp³-hybridized carbons (Fsp3) is 0.462. The van der Waals surface area contributed by atoms with Gasteiger partial charge in [-0.3, -0.25) is 4.79 Å². The second kappa shape index (κ2) is 5.21. The van der Waals surface area contributed by atoms with Gasteiger partial charge in [-0.1, -0.05) is 13.0 Å². The number of hydrogen-bond acceptors (Lipinski definition) is 4. The van der Waals surface area contributed by atoms with E-state index in [2.05, 4.69) is 0 Å². The number of carbonyl (C=O) groups is 1. The number of rotatable bonds is 5. The number of nitrogen functional groups attached to an aromatic ring is 1. The normalized spacial score (nSPS) is 14.8. The molecule has 1 amide bonds. The predicted octanol–water partition coefficient (Wildman–Crippen LogP) is 1.05. The largest absolute Gasteiger partial charge is 0.399 e. The molecule has 0 fully saturated rings. The van der Waals surface area contributed by atoms with E-state index >= 15 is 0 Å². The zero-order chi connectivity index (χ0) is 14.0. The molecule has 19 heavy (non-hydrogen) atoms. The van der Waals surface area contributed by atoms with E-state index in [0.717, 1.165) is 5.56 Å². The monoisotopic (exact) mass is 282 g/mol. The minimum absolute atomic E-state index is 0.0591. The van der Waals surface area contributed by atoms with Crippen molar-refractivity contribution in [3.8, 4) is 0 Å². The highest BCUT2D eigenvalue weighted by molar-refractivity contribution is 7.91. The Hall–Kier alpha value is -1.56. The molecule has 0 radical (unpaired) electrons. The molecule has 6 heteroatoms. The van der Waals surface area contributed by atoms with E-state index in [1.807, 2.05) is 6.07 Å². The van der Waals surface area contributed by atoms with Crippen LogP contribution < -0.4 is 5.73 Å². The molecular weight excluding hydrogens is 264 g/mol. The Kier molecular flexibility index (Phi) is 3.80. The van der Waals surface area contributed by atoms with Crippen LogP contribution in [-0.2, 0) is 16.4 Å². The van der Waals surface area contributed by atoms with Crippen molar-refractivity contribution in [2.45, 2.75) is 19.9 Å². The molecule has 2 rings (SSSR count). The Morgan fingerprint density at radius 2 is 2.11 bits per heavy atom. The maximum absolute atomic E-state index is 12.1. The van der Waals surface area contributed by atoms with Gasteiger partial charge in [-0.15, -0.1) is 0 Å². The van der Waals surface area contributed by atoms with Crippen molar-refractivity contribution in [2.75, 3.05) is 23.8 Å². The zero-order valence-corrected chi connectivity index (χ0v) is 11.7. The number of nitrogens with two attached hydrogens (primary N) is 1. The number of hydrogen-bond donors (Lipinski definition) is 1. The third kappa shape index (κ3) is 3.07.